The van der Waals surface area contributed by atoms with Gasteiger partial charge < -0.3 is 10.1 Å². The van der Waals surface area contributed by atoms with Crippen molar-refractivity contribution in [3.8, 4) is 16.3 Å². The van der Waals surface area contributed by atoms with Gasteiger partial charge in [0.1, 0.15) is 10.8 Å². The summed E-state index contributed by atoms with van der Waals surface area (Å²) in [6, 6.07) is 19.6. The maximum absolute atomic E-state index is 12.4. The van der Waals surface area contributed by atoms with Gasteiger partial charge in [0.15, 0.2) is 12.4 Å². The molecule has 0 saturated carbocycles. The zero-order chi connectivity index (χ0) is 21.4. The van der Waals surface area contributed by atoms with Gasteiger partial charge in [-0.15, -0.1) is 10.2 Å². The Labute approximate surface area is 182 Å². The Morgan fingerprint density at radius 1 is 1.03 bits per heavy atom. The second kappa shape index (κ2) is 7.81. The van der Waals surface area contributed by atoms with Gasteiger partial charge in [-0.2, -0.15) is 9.61 Å². The van der Waals surface area contributed by atoms with E-state index >= 15 is 0 Å². The average molecular weight is 430 g/mol. The van der Waals surface area contributed by atoms with Gasteiger partial charge in [-0.25, -0.2) is 0 Å². The molecule has 1 amide bonds. The smallest absolute Gasteiger partial charge is 0.262 e. The van der Waals surface area contributed by atoms with E-state index in [1.807, 2.05) is 74.5 Å². The first-order chi connectivity index (χ1) is 15.1. The van der Waals surface area contributed by atoms with Crippen LogP contribution in [-0.2, 0) is 4.79 Å². The molecule has 3 aromatic carbocycles. The van der Waals surface area contributed by atoms with Crippen molar-refractivity contribution in [3.63, 3.8) is 0 Å². The minimum Gasteiger partial charge on any atom is -0.484 e. The molecule has 5 rings (SSSR count). The number of carbonyl (C=O) groups excluding carboxylic acids is 1. The average Bonchev–Trinajstić information content (AvgIpc) is 3.35. The molecule has 0 aliphatic carbocycles. The van der Waals surface area contributed by atoms with E-state index < -0.39 is 0 Å². The van der Waals surface area contributed by atoms with Crippen LogP contribution in [0.4, 0.5) is 5.69 Å². The standard InChI is InChI=1S/C23H19N5O2S/c1-14-11-18(22-27-28-15(2)25-26-23(28)31-22)8-10-20(14)24-21(29)13-30-19-9-7-16-5-3-4-6-17(16)12-19/h3-12H,13H2,1-2H3,(H,24,29). The molecule has 0 radical (unpaired) electrons. The summed E-state index contributed by atoms with van der Waals surface area (Å²) in [6.07, 6.45) is 0. The second-order valence-electron chi connectivity index (χ2n) is 7.22. The van der Waals surface area contributed by atoms with Gasteiger partial charge in [0.05, 0.1) is 0 Å². The molecular weight excluding hydrogens is 410 g/mol. The summed E-state index contributed by atoms with van der Waals surface area (Å²) < 4.78 is 7.41. The van der Waals surface area contributed by atoms with Gasteiger partial charge in [-0.1, -0.05) is 41.7 Å². The molecule has 2 heterocycles. The largest absolute Gasteiger partial charge is 0.484 e. The number of hydrogen-bond donors (Lipinski definition) is 1. The number of nitrogens with zero attached hydrogens (tertiary/aromatic N) is 4. The van der Waals surface area contributed by atoms with Crippen LogP contribution in [0, 0.1) is 13.8 Å². The van der Waals surface area contributed by atoms with Crippen molar-refractivity contribution >= 4 is 38.7 Å². The molecule has 0 spiro atoms. The number of amides is 1. The quantitative estimate of drug-likeness (QED) is 0.440. The molecule has 0 aliphatic rings. The van der Waals surface area contributed by atoms with Crippen LogP contribution < -0.4 is 10.1 Å². The highest BCUT2D eigenvalue weighted by molar-refractivity contribution is 7.19. The number of aromatic nitrogens is 4. The summed E-state index contributed by atoms with van der Waals surface area (Å²) in [4.78, 5) is 13.2. The number of rotatable bonds is 5. The minimum atomic E-state index is -0.210. The third-order valence-electron chi connectivity index (χ3n) is 4.99. The van der Waals surface area contributed by atoms with Crippen molar-refractivity contribution < 1.29 is 9.53 Å². The van der Waals surface area contributed by atoms with Gasteiger partial charge in [0.25, 0.3) is 5.91 Å². The van der Waals surface area contributed by atoms with Gasteiger partial charge in [0.2, 0.25) is 4.96 Å². The van der Waals surface area contributed by atoms with E-state index in [2.05, 4.69) is 20.6 Å². The molecule has 2 aromatic heterocycles. The van der Waals surface area contributed by atoms with Crippen LogP contribution in [0.15, 0.2) is 60.7 Å². The molecule has 0 atom stereocenters. The Balaban J connectivity index is 1.26. The van der Waals surface area contributed by atoms with Crippen LogP contribution in [-0.4, -0.2) is 32.3 Å². The first-order valence-corrected chi connectivity index (χ1v) is 10.6. The molecule has 0 saturated heterocycles. The number of aryl methyl sites for hydroxylation is 2. The van der Waals surface area contributed by atoms with E-state index in [1.165, 1.54) is 11.3 Å². The second-order valence-corrected chi connectivity index (χ2v) is 8.18. The lowest BCUT2D eigenvalue weighted by atomic mass is 10.1. The van der Waals surface area contributed by atoms with Crippen LogP contribution in [0.2, 0.25) is 0 Å². The van der Waals surface area contributed by atoms with E-state index in [0.717, 1.165) is 43.4 Å². The number of carbonyl (C=O) groups is 1. The van der Waals surface area contributed by atoms with Gasteiger partial charge >= 0.3 is 0 Å². The van der Waals surface area contributed by atoms with Crippen molar-refractivity contribution in [3.05, 3.63) is 72.1 Å². The van der Waals surface area contributed by atoms with Gasteiger partial charge in [-0.05, 0) is 60.5 Å². The molecule has 0 unspecified atom stereocenters. The zero-order valence-corrected chi connectivity index (χ0v) is 17.8. The summed E-state index contributed by atoms with van der Waals surface area (Å²) in [5, 5.41) is 18.7. The van der Waals surface area contributed by atoms with Crippen LogP contribution >= 0.6 is 11.3 Å². The molecule has 0 fully saturated rings. The van der Waals surface area contributed by atoms with Crippen molar-refractivity contribution in [2.45, 2.75) is 13.8 Å². The van der Waals surface area contributed by atoms with Crippen LogP contribution in [0.3, 0.4) is 0 Å². The molecule has 5 aromatic rings. The predicted molar refractivity (Wildman–Crippen MR) is 122 cm³/mol. The van der Waals surface area contributed by atoms with E-state index in [-0.39, 0.29) is 12.5 Å². The maximum Gasteiger partial charge on any atom is 0.262 e. The summed E-state index contributed by atoms with van der Waals surface area (Å²) >= 11 is 1.48. The van der Waals surface area contributed by atoms with Crippen LogP contribution in [0.25, 0.3) is 26.3 Å². The van der Waals surface area contributed by atoms with Gasteiger partial charge in [-0.3, -0.25) is 4.79 Å². The monoisotopic (exact) mass is 429 g/mol. The number of benzene rings is 3. The normalized spacial score (nSPS) is 11.2. The maximum atomic E-state index is 12.4. The minimum absolute atomic E-state index is 0.0600. The van der Waals surface area contributed by atoms with E-state index in [1.54, 1.807) is 4.52 Å². The summed E-state index contributed by atoms with van der Waals surface area (Å²) in [7, 11) is 0. The fourth-order valence-electron chi connectivity index (χ4n) is 3.36. The highest BCUT2D eigenvalue weighted by atomic mass is 32.1. The van der Waals surface area contributed by atoms with Gasteiger partial charge in [0, 0.05) is 11.3 Å². The summed E-state index contributed by atoms with van der Waals surface area (Å²) in [5.74, 6) is 1.21. The molecule has 31 heavy (non-hydrogen) atoms. The summed E-state index contributed by atoms with van der Waals surface area (Å²) in [6.45, 7) is 3.76. The van der Waals surface area contributed by atoms with E-state index in [9.17, 15) is 4.79 Å². The topological polar surface area (TPSA) is 81.4 Å². The van der Waals surface area contributed by atoms with Crippen molar-refractivity contribution in [2.75, 3.05) is 11.9 Å². The van der Waals surface area contributed by atoms with Crippen molar-refractivity contribution in [2.24, 2.45) is 0 Å². The van der Waals surface area contributed by atoms with E-state index in [4.69, 9.17) is 4.74 Å². The Hall–Kier alpha value is -3.78. The first-order valence-electron chi connectivity index (χ1n) is 9.78. The number of hydrogen-bond acceptors (Lipinski definition) is 6. The first kappa shape index (κ1) is 19.2. The Morgan fingerprint density at radius 2 is 1.87 bits per heavy atom. The lowest BCUT2D eigenvalue weighted by molar-refractivity contribution is -0.118. The summed E-state index contributed by atoms with van der Waals surface area (Å²) in [5.41, 5.74) is 2.66. The molecule has 154 valence electrons. The van der Waals surface area contributed by atoms with Crippen molar-refractivity contribution in [1.29, 1.82) is 0 Å². The fourth-order valence-corrected chi connectivity index (χ4v) is 4.24. The Kier molecular flexibility index (Phi) is 4.83. The fraction of sp³-hybridized carbons (Fsp3) is 0.130. The zero-order valence-electron chi connectivity index (χ0n) is 17.0. The number of ether oxygens (including phenoxy) is 1. The predicted octanol–water partition coefficient (Wildman–Crippen LogP) is 4.64. The molecule has 0 aliphatic heterocycles. The van der Waals surface area contributed by atoms with Crippen molar-refractivity contribution in [1.82, 2.24) is 19.8 Å². The molecule has 8 heteroatoms. The Morgan fingerprint density at radius 3 is 2.68 bits per heavy atom. The molecule has 7 nitrogen and oxygen atoms in total. The van der Waals surface area contributed by atoms with Crippen LogP contribution in [0.5, 0.6) is 5.75 Å². The van der Waals surface area contributed by atoms with Crippen LogP contribution in [0.1, 0.15) is 11.4 Å². The SMILES string of the molecule is Cc1cc(-c2nn3c(C)nnc3s2)ccc1NC(=O)COc1ccc2ccccc2c1. The molecule has 0 bridgehead atoms. The third-order valence-corrected chi connectivity index (χ3v) is 5.93. The van der Waals surface area contributed by atoms with E-state index in [0.29, 0.717) is 5.75 Å². The highest BCUT2D eigenvalue weighted by Gasteiger charge is 2.12. The Bertz CT molecular complexity index is 1420. The number of nitrogens with one attached hydrogen (secondary N) is 1. The molecule has 1 N–H and O–H groups in total. The lowest BCUT2D eigenvalue weighted by Gasteiger charge is -2.11. The number of anilines is 1. The lowest BCUT2D eigenvalue weighted by Crippen LogP contribution is -2.20. The number of fused-ring (bicyclic) bond motifs is 2. The third kappa shape index (κ3) is 3.85. The molecular formula is C23H19N5O2S. The highest BCUT2D eigenvalue weighted by Crippen LogP contribution is 2.28.